The van der Waals surface area contributed by atoms with Crippen LogP contribution in [0.4, 0.5) is 0 Å². The zero-order valence-electron chi connectivity index (χ0n) is 18.4. The molecule has 0 spiro atoms. The summed E-state index contributed by atoms with van der Waals surface area (Å²) < 4.78 is 0. The molecule has 2 fully saturated rings. The summed E-state index contributed by atoms with van der Waals surface area (Å²) in [6.07, 6.45) is 8.03. The number of aromatic nitrogens is 4. The molecule has 1 amide bonds. The van der Waals surface area contributed by atoms with Gasteiger partial charge in [-0.05, 0) is 55.5 Å². The first-order valence-electron chi connectivity index (χ1n) is 11.5. The number of benzene rings is 1. The fourth-order valence-corrected chi connectivity index (χ4v) is 5.19. The molecule has 2 unspecified atom stereocenters. The molecule has 2 aromatic heterocycles. The maximum Gasteiger partial charge on any atom is 0.224 e. The van der Waals surface area contributed by atoms with E-state index in [2.05, 4.69) is 30.6 Å². The van der Waals surface area contributed by atoms with E-state index in [0.29, 0.717) is 48.9 Å². The summed E-state index contributed by atoms with van der Waals surface area (Å²) in [6, 6.07) is 10.3. The van der Waals surface area contributed by atoms with Crippen LogP contribution in [0.3, 0.4) is 0 Å². The van der Waals surface area contributed by atoms with Crippen molar-refractivity contribution < 1.29 is 9.90 Å². The van der Waals surface area contributed by atoms with Crippen LogP contribution >= 0.6 is 0 Å². The third-order valence-electron chi connectivity index (χ3n) is 6.78. The van der Waals surface area contributed by atoms with E-state index in [-0.39, 0.29) is 11.7 Å². The molecule has 172 valence electrons. The molecule has 2 bridgehead atoms. The van der Waals surface area contributed by atoms with Gasteiger partial charge in [-0.3, -0.25) is 9.89 Å². The Labute approximate surface area is 192 Å². The fourth-order valence-electron chi connectivity index (χ4n) is 5.19. The third kappa shape index (κ3) is 4.46. The van der Waals surface area contributed by atoms with E-state index >= 15 is 0 Å². The molecule has 0 aliphatic carbocycles. The van der Waals surface area contributed by atoms with Gasteiger partial charge in [-0.1, -0.05) is 6.07 Å². The SMILES string of the molecule is NCCC(=O)N1C2CCC1CC(NCc1ccc(-c3ccc(-c4cn[nH]c4)cc3O)nn1)C2. The number of amides is 1. The van der Waals surface area contributed by atoms with Crippen molar-refractivity contribution in [2.45, 2.75) is 56.8 Å². The Morgan fingerprint density at radius 1 is 1.15 bits per heavy atom. The lowest BCUT2D eigenvalue weighted by Crippen LogP contribution is -2.51. The van der Waals surface area contributed by atoms with Gasteiger partial charge in [0.2, 0.25) is 5.91 Å². The molecule has 9 heteroatoms. The maximum atomic E-state index is 12.4. The number of nitrogens with zero attached hydrogens (tertiary/aromatic N) is 4. The highest BCUT2D eigenvalue weighted by molar-refractivity contribution is 5.77. The van der Waals surface area contributed by atoms with Crippen LogP contribution in [0.5, 0.6) is 5.75 Å². The van der Waals surface area contributed by atoms with Crippen LogP contribution in [0.25, 0.3) is 22.4 Å². The van der Waals surface area contributed by atoms with Crippen LogP contribution in [0, 0.1) is 0 Å². The van der Waals surface area contributed by atoms with Gasteiger partial charge in [0.15, 0.2) is 0 Å². The number of carbonyl (C=O) groups is 1. The number of fused-ring (bicyclic) bond motifs is 2. The summed E-state index contributed by atoms with van der Waals surface area (Å²) in [4.78, 5) is 14.5. The Hall–Kier alpha value is -3.30. The monoisotopic (exact) mass is 447 g/mol. The van der Waals surface area contributed by atoms with E-state index < -0.39 is 0 Å². The molecule has 1 aromatic carbocycles. The van der Waals surface area contributed by atoms with E-state index in [1.807, 2.05) is 24.3 Å². The second-order valence-corrected chi connectivity index (χ2v) is 8.90. The molecule has 2 aliphatic heterocycles. The van der Waals surface area contributed by atoms with Gasteiger partial charge in [-0.15, -0.1) is 0 Å². The van der Waals surface area contributed by atoms with Crippen LogP contribution in [0.15, 0.2) is 42.7 Å². The topological polar surface area (TPSA) is 133 Å². The van der Waals surface area contributed by atoms with Crippen LogP contribution in [0.2, 0.25) is 0 Å². The normalized spacial score (nSPS) is 22.0. The summed E-state index contributed by atoms with van der Waals surface area (Å²) in [7, 11) is 0. The molecular formula is C24H29N7O2. The average molecular weight is 448 g/mol. The van der Waals surface area contributed by atoms with Crippen molar-refractivity contribution in [2.75, 3.05) is 6.54 Å². The lowest BCUT2D eigenvalue weighted by atomic mass is 9.96. The summed E-state index contributed by atoms with van der Waals surface area (Å²) in [5, 5.41) is 29.5. The second-order valence-electron chi connectivity index (χ2n) is 8.90. The van der Waals surface area contributed by atoms with Crippen molar-refractivity contribution in [2.24, 2.45) is 5.73 Å². The Balaban J connectivity index is 1.19. The Morgan fingerprint density at radius 2 is 1.97 bits per heavy atom. The lowest BCUT2D eigenvalue weighted by molar-refractivity contribution is -0.135. The van der Waals surface area contributed by atoms with Crippen molar-refractivity contribution in [3.8, 4) is 28.1 Å². The number of H-pyrrole nitrogens is 1. The largest absolute Gasteiger partial charge is 0.507 e. The fraction of sp³-hybridized carbons (Fsp3) is 0.417. The standard InChI is InChI=1S/C24H29N7O2/c25-8-7-24(33)31-19-3-4-20(31)11-18(10-19)26-14-17-2-6-22(30-29-17)21-5-1-15(9-23(21)32)16-12-27-28-13-16/h1-2,5-6,9,12-13,18-20,26,32H,3-4,7-8,10-11,14,25H2,(H,27,28). The molecule has 2 saturated heterocycles. The predicted octanol–water partition coefficient (Wildman–Crippen LogP) is 2.20. The van der Waals surface area contributed by atoms with Crippen molar-refractivity contribution in [1.29, 1.82) is 0 Å². The minimum atomic E-state index is 0.153. The number of nitrogens with one attached hydrogen (secondary N) is 2. The summed E-state index contributed by atoms with van der Waals surface area (Å²) in [5.74, 6) is 0.353. The number of aromatic hydroxyl groups is 1. The zero-order chi connectivity index (χ0) is 22.8. The minimum Gasteiger partial charge on any atom is -0.507 e. The zero-order valence-corrected chi connectivity index (χ0v) is 18.4. The highest BCUT2D eigenvalue weighted by Crippen LogP contribution is 2.36. The molecular weight excluding hydrogens is 418 g/mol. The number of hydrogen-bond donors (Lipinski definition) is 4. The number of hydrogen-bond acceptors (Lipinski definition) is 7. The van der Waals surface area contributed by atoms with E-state index in [0.717, 1.165) is 42.5 Å². The second kappa shape index (κ2) is 9.29. The van der Waals surface area contributed by atoms with Crippen molar-refractivity contribution >= 4 is 5.91 Å². The summed E-state index contributed by atoms with van der Waals surface area (Å²) >= 11 is 0. The molecule has 2 atom stereocenters. The van der Waals surface area contributed by atoms with Gasteiger partial charge in [0.05, 0.1) is 17.6 Å². The van der Waals surface area contributed by atoms with Crippen molar-refractivity contribution in [3.05, 3.63) is 48.4 Å². The maximum absolute atomic E-state index is 12.4. The number of carbonyl (C=O) groups excluding carboxylic acids is 1. The number of rotatable bonds is 7. The van der Waals surface area contributed by atoms with E-state index in [9.17, 15) is 9.90 Å². The highest BCUT2D eigenvalue weighted by Gasteiger charge is 2.42. The Morgan fingerprint density at radius 3 is 2.61 bits per heavy atom. The van der Waals surface area contributed by atoms with Crippen LogP contribution in [0.1, 0.15) is 37.8 Å². The summed E-state index contributed by atoms with van der Waals surface area (Å²) in [6.45, 7) is 1.04. The molecule has 2 aliphatic rings. The van der Waals surface area contributed by atoms with E-state index in [1.165, 1.54) is 0 Å². The van der Waals surface area contributed by atoms with Crippen molar-refractivity contribution in [1.82, 2.24) is 30.6 Å². The van der Waals surface area contributed by atoms with Gasteiger partial charge in [0.1, 0.15) is 5.75 Å². The van der Waals surface area contributed by atoms with Gasteiger partial charge in [0.25, 0.3) is 0 Å². The van der Waals surface area contributed by atoms with Crippen LogP contribution < -0.4 is 11.1 Å². The Bertz CT molecular complexity index is 1090. The lowest BCUT2D eigenvalue weighted by Gasteiger charge is -2.39. The number of phenols is 1. The predicted molar refractivity (Wildman–Crippen MR) is 124 cm³/mol. The first kappa shape index (κ1) is 21.5. The molecule has 5 rings (SSSR count). The van der Waals surface area contributed by atoms with Gasteiger partial charge >= 0.3 is 0 Å². The first-order chi connectivity index (χ1) is 16.1. The molecule has 0 saturated carbocycles. The molecule has 9 nitrogen and oxygen atoms in total. The Kier molecular flexibility index (Phi) is 6.06. The smallest absolute Gasteiger partial charge is 0.224 e. The van der Waals surface area contributed by atoms with Crippen molar-refractivity contribution in [3.63, 3.8) is 0 Å². The number of phenolic OH excluding ortho intramolecular Hbond substituents is 1. The number of aromatic amines is 1. The molecule has 3 aromatic rings. The molecule has 5 N–H and O–H groups in total. The first-order valence-corrected chi connectivity index (χ1v) is 11.5. The van der Waals surface area contributed by atoms with E-state index in [4.69, 9.17) is 5.73 Å². The highest BCUT2D eigenvalue weighted by atomic mass is 16.3. The molecule has 0 radical (unpaired) electrons. The summed E-state index contributed by atoms with van der Waals surface area (Å²) in [5.41, 5.74) is 9.48. The van der Waals surface area contributed by atoms with Gasteiger partial charge in [0, 0.05) is 55.0 Å². The molecule has 4 heterocycles. The average Bonchev–Trinajstić information content (AvgIpc) is 3.45. The quantitative estimate of drug-likeness (QED) is 0.436. The van der Waals surface area contributed by atoms with Gasteiger partial charge < -0.3 is 21.1 Å². The van der Waals surface area contributed by atoms with E-state index in [1.54, 1.807) is 18.5 Å². The van der Waals surface area contributed by atoms with Crippen LogP contribution in [-0.2, 0) is 11.3 Å². The van der Waals surface area contributed by atoms with Gasteiger partial charge in [-0.25, -0.2) is 0 Å². The minimum absolute atomic E-state index is 0.153. The molecule has 33 heavy (non-hydrogen) atoms. The van der Waals surface area contributed by atoms with Crippen LogP contribution in [-0.4, -0.2) is 61.0 Å². The number of piperidine rings is 1. The third-order valence-corrected chi connectivity index (χ3v) is 6.78. The van der Waals surface area contributed by atoms with Gasteiger partial charge in [-0.2, -0.15) is 15.3 Å². The number of nitrogens with two attached hydrogens (primary N) is 1.